The summed E-state index contributed by atoms with van der Waals surface area (Å²) in [6, 6.07) is 3.47. The summed E-state index contributed by atoms with van der Waals surface area (Å²) < 4.78 is 1.58. The topological polar surface area (TPSA) is 67.5 Å². The molecule has 1 N–H and O–H groups in total. The second-order valence-electron chi connectivity index (χ2n) is 3.29. The molecule has 0 aromatic carbocycles. The highest BCUT2D eigenvalue weighted by Gasteiger charge is 2.20. The van der Waals surface area contributed by atoms with Crippen LogP contribution in [0.25, 0.3) is 5.65 Å². The summed E-state index contributed by atoms with van der Waals surface area (Å²) in [5.74, 6) is -1.40. The third-order valence-corrected chi connectivity index (χ3v) is 2.32. The molecule has 1 unspecified atom stereocenters. The van der Waals surface area contributed by atoms with Crippen molar-refractivity contribution in [3.05, 3.63) is 30.2 Å². The molecule has 1 atom stereocenters. The summed E-state index contributed by atoms with van der Waals surface area (Å²) in [4.78, 5) is 15.0. The molecule has 0 saturated carbocycles. The second-order valence-corrected chi connectivity index (χ2v) is 3.29. The van der Waals surface area contributed by atoms with Gasteiger partial charge in [0, 0.05) is 18.5 Å². The van der Waals surface area contributed by atoms with Gasteiger partial charge in [-0.2, -0.15) is 5.10 Å². The van der Waals surface area contributed by atoms with E-state index in [1.165, 1.54) is 0 Å². The Morgan fingerprint density at radius 2 is 2.47 bits per heavy atom. The number of carboxylic acids is 1. The summed E-state index contributed by atoms with van der Waals surface area (Å²) in [5, 5.41) is 13.2. The third kappa shape index (κ3) is 1.68. The van der Waals surface area contributed by atoms with Gasteiger partial charge in [-0.25, -0.2) is 9.50 Å². The molecule has 2 aromatic heterocycles. The Hall–Kier alpha value is -1.91. The van der Waals surface area contributed by atoms with Gasteiger partial charge in [0.2, 0.25) is 0 Å². The summed E-state index contributed by atoms with van der Waals surface area (Å²) in [7, 11) is 0. The van der Waals surface area contributed by atoms with Gasteiger partial charge < -0.3 is 5.11 Å². The van der Waals surface area contributed by atoms with E-state index in [0.717, 1.165) is 0 Å². The zero-order valence-corrected chi connectivity index (χ0v) is 8.29. The molecule has 0 aliphatic heterocycles. The van der Waals surface area contributed by atoms with Gasteiger partial charge in [-0.1, -0.05) is 6.92 Å². The number of carbonyl (C=O) groups is 1. The molecule has 15 heavy (non-hydrogen) atoms. The number of carboxylic acid groups (broad SMARTS) is 1. The highest BCUT2D eigenvalue weighted by Crippen LogP contribution is 2.18. The molecule has 0 saturated heterocycles. The van der Waals surface area contributed by atoms with Crippen molar-refractivity contribution in [3.63, 3.8) is 0 Å². The summed E-state index contributed by atoms with van der Waals surface area (Å²) >= 11 is 0. The first-order valence-corrected chi connectivity index (χ1v) is 4.75. The van der Waals surface area contributed by atoms with Crippen LogP contribution in [-0.2, 0) is 4.79 Å². The number of fused-ring (bicyclic) bond motifs is 1. The Bertz CT molecular complexity index is 459. The highest BCUT2D eigenvalue weighted by molar-refractivity contribution is 5.75. The van der Waals surface area contributed by atoms with Crippen LogP contribution in [-0.4, -0.2) is 25.7 Å². The van der Waals surface area contributed by atoms with E-state index in [1.54, 1.807) is 29.0 Å². The molecule has 0 amide bonds. The van der Waals surface area contributed by atoms with E-state index < -0.39 is 11.9 Å². The van der Waals surface area contributed by atoms with Gasteiger partial charge in [0.1, 0.15) is 5.92 Å². The van der Waals surface area contributed by atoms with Gasteiger partial charge in [0.15, 0.2) is 5.65 Å². The average Bonchev–Trinajstić information content (AvgIpc) is 2.61. The van der Waals surface area contributed by atoms with E-state index in [4.69, 9.17) is 5.11 Å². The zero-order valence-electron chi connectivity index (χ0n) is 8.29. The van der Waals surface area contributed by atoms with Crippen LogP contribution in [0.15, 0.2) is 24.5 Å². The fourth-order valence-electron chi connectivity index (χ4n) is 1.53. The Balaban J connectivity index is 2.47. The maximum absolute atomic E-state index is 10.9. The SMILES string of the molecule is CCC(C(=O)O)c1cc2ncccn2n1. The van der Waals surface area contributed by atoms with Crippen LogP contribution in [0.3, 0.4) is 0 Å². The molecule has 2 aromatic rings. The number of hydrogen-bond donors (Lipinski definition) is 1. The van der Waals surface area contributed by atoms with Crippen molar-refractivity contribution in [2.75, 3.05) is 0 Å². The Kier molecular flexibility index (Phi) is 2.37. The Morgan fingerprint density at radius 1 is 1.67 bits per heavy atom. The van der Waals surface area contributed by atoms with Crippen molar-refractivity contribution in [1.82, 2.24) is 14.6 Å². The lowest BCUT2D eigenvalue weighted by Gasteiger charge is -2.03. The van der Waals surface area contributed by atoms with E-state index in [1.807, 2.05) is 6.92 Å². The highest BCUT2D eigenvalue weighted by atomic mass is 16.4. The monoisotopic (exact) mass is 205 g/mol. The van der Waals surface area contributed by atoms with Gasteiger partial charge in [0.25, 0.3) is 0 Å². The van der Waals surface area contributed by atoms with Gasteiger partial charge in [0.05, 0.1) is 5.69 Å². The average molecular weight is 205 g/mol. The predicted molar refractivity (Wildman–Crippen MR) is 53.7 cm³/mol. The smallest absolute Gasteiger partial charge is 0.312 e. The van der Waals surface area contributed by atoms with E-state index in [0.29, 0.717) is 17.8 Å². The second kappa shape index (κ2) is 3.68. The molecular weight excluding hydrogens is 194 g/mol. The van der Waals surface area contributed by atoms with Crippen LogP contribution in [0, 0.1) is 0 Å². The van der Waals surface area contributed by atoms with E-state index in [-0.39, 0.29) is 0 Å². The molecule has 2 heterocycles. The van der Waals surface area contributed by atoms with Crippen LogP contribution < -0.4 is 0 Å². The van der Waals surface area contributed by atoms with Gasteiger partial charge in [-0.05, 0) is 12.5 Å². The van der Waals surface area contributed by atoms with Crippen LogP contribution in [0.1, 0.15) is 25.0 Å². The van der Waals surface area contributed by atoms with Crippen LogP contribution >= 0.6 is 0 Å². The number of nitrogens with zero attached hydrogens (tertiary/aromatic N) is 3. The first kappa shape index (κ1) is 9.64. The summed E-state index contributed by atoms with van der Waals surface area (Å²) in [6.45, 7) is 1.83. The van der Waals surface area contributed by atoms with Crippen molar-refractivity contribution in [2.45, 2.75) is 19.3 Å². The maximum Gasteiger partial charge on any atom is 0.312 e. The minimum atomic E-state index is -0.846. The van der Waals surface area contributed by atoms with Crippen molar-refractivity contribution in [3.8, 4) is 0 Å². The number of hydrogen-bond acceptors (Lipinski definition) is 3. The Morgan fingerprint density at radius 3 is 3.07 bits per heavy atom. The molecule has 0 bridgehead atoms. The fraction of sp³-hybridized carbons (Fsp3) is 0.300. The van der Waals surface area contributed by atoms with Crippen LogP contribution in [0.4, 0.5) is 0 Å². The van der Waals surface area contributed by atoms with E-state index >= 15 is 0 Å². The molecule has 0 spiro atoms. The lowest BCUT2D eigenvalue weighted by atomic mass is 10.0. The van der Waals surface area contributed by atoms with Crippen molar-refractivity contribution >= 4 is 11.6 Å². The molecule has 5 heteroatoms. The Labute approximate surface area is 86.4 Å². The third-order valence-electron chi connectivity index (χ3n) is 2.32. The number of aromatic nitrogens is 3. The molecule has 0 fully saturated rings. The van der Waals surface area contributed by atoms with E-state index in [2.05, 4.69) is 10.1 Å². The molecule has 0 aliphatic carbocycles. The minimum absolute atomic E-state index is 0.527. The van der Waals surface area contributed by atoms with E-state index in [9.17, 15) is 4.79 Å². The predicted octanol–water partition coefficient (Wildman–Crippen LogP) is 1.31. The first-order chi connectivity index (χ1) is 7.22. The maximum atomic E-state index is 10.9. The normalized spacial score (nSPS) is 12.9. The van der Waals surface area contributed by atoms with Crippen molar-refractivity contribution in [2.24, 2.45) is 0 Å². The van der Waals surface area contributed by atoms with Crippen LogP contribution in [0.5, 0.6) is 0 Å². The van der Waals surface area contributed by atoms with Crippen molar-refractivity contribution in [1.29, 1.82) is 0 Å². The molecular formula is C10H11N3O2. The number of aliphatic carboxylic acids is 1. The molecule has 2 rings (SSSR count). The summed E-state index contributed by atoms with van der Waals surface area (Å²) in [6.07, 6.45) is 3.93. The largest absolute Gasteiger partial charge is 0.481 e. The van der Waals surface area contributed by atoms with Gasteiger partial charge >= 0.3 is 5.97 Å². The lowest BCUT2D eigenvalue weighted by Crippen LogP contribution is -2.11. The zero-order chi connectivity index (χ0) is 10.8. The van der Waals surface area contributed by atoms with Crippen molar-refractivity contribution < 1.29 is 9.90 Å². The molecule has 5 nitrogen and oxygen atoms in total. The molecule has 78 valence electrons. The fourth-order valence-corrected chi connectivity index (χ4v) is 1.53. The minimum Gasteiger partial charge on any atom is -0.481 e. The quantitative estimate of drug-likeness (QED) is 0.820. The van der Waals surface area contributed by atoms with Crippen LogP contribution in [0.2, 0.25) is 0 Å². The van der Waals surface area contributed by atoms with Gasteiger partial charge in [-0.3, -0.25) is 4.79 Å². The summed E-state index contributed by atoms with van der Waals surface area (Å²) in [5.41, 5.74) is 1.23. The first-order valence-electron chi connectivity index (χ1n) is 4.75. The standard InChI is InChI=1S/C10H11N3O2/c1-2-7(10(14)15)8-6-9-11-4-3-5-13(9)12-8/h3-7H,2H2,1H3,(H,14,15). The molecule has 0 radical (unpaired) electrons. The lowest BCUT2D eigenvalue weighted by molar-refractivity contribution is -0.138. The number of rotatable bonds is 3. The van der Waals surface area contributed by atoms with Gasteiger partial charge in [-0.15, -0.1) is 0 Å². The molecule has 0 aliphatic rings.